The van der Waals surface area contributed by atoms with Gasteiger partial charge in [0.25, 0.3) is 0 Å². The van der Waals surface area contributed by atoms with E-state index in [1.165, 1.54) is 41.5 Å². The summed E-state index contributed by atoms with van der Waals surface area (Å²) in [7, 11) is 1.65. The number of allylic oxidation sites excluding steroid dienone is 3. The smallest absolute Gasteiger partial charge is 0.343 e. The molecule has 0 amide bonds. The van der Waals surface area contributed by atoms with E-state index in [1.54, 1.807) is 19.2 Å². The van der Waals surface area contributed by atoms with E-state index in [0.717, 1.165) is 48.1 Å². The monoisotopic (exact) mass is 632 g/mol. The summed E-state index contributed by atoms with van der Waals surface area (Å²) in [6.07, 6.45) is 12.0. The number of carbonyl (C=O) groups excluding carboxylic acids is 1. The molecule has 1 aliphatic rings. The molecule has 4 aromatic carbocycles. The lowest BCUT2D eigenvalue weighted by Crippen LogP contribution is -2.05. The Bertz CT molecular complexity index is 1600. The summed E-state index contributed by atoms with van der Waals surface area (Å²) in [4.78, 5) is 16.9. The minimum atomic E-state index is -0.350. The molecule has 5 rings (SSSR count). The van der Waals surface area contributed by atoms with Gasteiger partial charge in [-0.05, 0) is 89.4 Å². The minimum absolute atomic E-state index is 0.350. The van der Waals surface area contributed by atoms with Gasteiger partial charge in [-0.3, -0.25) is 5.26 Å². The standard InChI is InChI=1S/C41H44O6/c1-44-39-24-21-37(22-25-39)36-17-19-38(20-18-36)41(42)47-40-23-12-32(29-40)26-28-45-30-33-10-15-35(16-11-33)34-13-8-31(9-14-34)7-5-3-2-4-6-27-46-43/h8-25,43H,2-7,26-30H2,1H3. The third kappa shape index (κ3) is 10.5. The molecule has 0 aliphatic heterocycles. The van der Waals surface area contributed by atoms with Crippen LogP contribution < -0.4 is 4.74 Å². The van der Waals surface area contributed by atoms with Gasteiger partial charge in [0.1, 0.15) is 11.5 Å². The van der Waals surface area contributed by atoms with Gasteiger partial charge < -0.3 is 14.2 Å². The molecule has 0 aromatic heterocycles. The van der Waals surface area contributed by atoms with Gasteiger partial charge in [0.2, 0.25) is 0 Å². The highest BCUT2D eigenvalue weighted by Crippen LogP contribution is 2.26. The summed E-state index contributed by atoms with van der Waals surface area (Å²) in [5, 5.41) is 8.37. The van der Waals surface area contributed by atoms with Crippen LogP contribution in [0.5, 0.6) is 5.75 Å². The molecule has 0 bridgehead atoms. The Morgan fingerprint density at radius 2 is 1.21 bits per heavy atom. The van der Waals surface area contributed by atoms with Crippen molar-refractivity contribution in [1.29, 1.82) is 0 Å². The quantitative estimate of drug-likeness (QED) is 0.0509. The molecule has 0 spiro atoms. The van der Waals surface area contributed by atoms with E-state index in [1.807, 2.05) is 48.6 Å². The number of hydrogen-bond acceptors (Lipinski definition) is 6. The van der Waals surface area contributed by atoms with Crippen molar-refractivity contribution in [2.75, 3.05) is 20.3 Å². The molecule has 244 valence electrons. The molecule has 0 saturated carbocycles. The Hall–Kier alpha value is -4.49. The predicted octanol–water partition coefficient (Wildman–Crippen LogP) is 9.99. The number of esters is 1. The van der Waals surface area contributed by atoms with Crippen LogP contribution in [0.4, 0.5) is 0 Å². The average molecular weight is 633 g/mol. The van der Waals surface area contributed by atoms with Crippen molar-refractivity contribution in [3.05, 3.63) is 137 Å². The zero-order valence-corrected chi connectivity index (χ0v) is 27.2. The summed E-state index contributed by atoms with van der Waals surface area (Å²) in [5.74, 6) is 1.12. The maximum Gasteiger partial charge on any atom is 0.343 e. The number of rotatable bonds is 18. The van der Waals surface area contributed by atoms with Gasteiger partial charge in [0, 0.05) is 6.42 Å². The van der Waals surface area contributed by atoms with E-state index in [2.05, 4.69) is 53.4 Å². The average Bonchev–Trinajstić information content (AvgIpc) is 3.57. The normalized spacial score (nSPS) is 12.5. The van der Waals surface area contributed by atoms with E-state index in [9.17, 15) is 4.79 Å². The molecule has 0 unspecified atom stereocenters. The van der Waals surface area contributed by atoms with Crippen LogP contribution in [0.15, 0.2) is 121 Å². The van der Waals surface area contributed by atoms with Crippen molar-refractivity contribution in [2.45, 2.75) is 58.0 Å². The largest absolute Gasteiger partial charge is 0.497 e. The van der Waals surface area contributed by atoms with E-state index in [-0.39, 0.29) is 5.97 Å². The number of unbranched alkanes of at least 4 members (excludes halogenated alkanes) is 4. The summed E-state index contributed by atoms with van der Waals surface area (Å²) >= 11 is 0. The van der Waals surface area contributed by atoms with Gasteiger partial charge in [0.05, 0.1) is 32.5 Å². The van der Waals surface area contributed by atoms with Crippen molar-refractivity contribution in [2.24, 2.45) is 0 Å². The Morgan fingerprint density at radius 3 is 1.85 bits per heavy atom. The molecule has 0 saturated heterocycles. The molecule has 0 radical (unpaired) electrons. The number of methoxy groups -OCH3 is 1. The van der Waals surface area contributed by atoms with Crippen molar-refractivity contribution >= 4 is 5.97 Å². The molecule has 0 fully saturated rings. The van der Waals surface area contributed by atoms with Crippen LogP contribution >= 0.6 is 0 Å². The Labute approximate surface area is 278 Å². The first-order chi connectivity index (χ1) is 23.1. The van der Waals surface area contributed by atoms with Crippen LogP contribution in [-0.2, 0) is 27.4 Å². The number of aryl methyl sites for hydroxylation is 1. The van der Waals surface area contributed by atoms with E-state index < -0.39 is 0 Å². The molecule has 47 heavy (non-hydrogen) atoms. The zero-order valence-electron chi connectivity index (χ0n) is 27.2. The third-order valence-electron chi connectivity index (χ3n) is 8.45. The van der Waals surface area contributed by atoms with Crippen LogP contribution in [0.25, 0.3) is 22.3 Å². The van der Waals surface area contributed by atoms with Gasteiger partial charge in [-0.2, -0.15) is 0 Å². The van der Waals surface area contributed by atoms with Crippen LogP contribution in [0.2, 0.25) is 0 Å². The van der Waals surface area contributed by atoms with E-state index in [0.29, 0.717) is 37.6 Å². The lowest BCUT2D eigenvalue weighted by Gasteiger charge is -2.09. The first-order valence-corrected chi connectivity index (χ1v) is 16.5. The molecule has 6 nitrogen and oxygen atoms in total. The zero-order chi connectivity index (χ0) is 32.7. The summed E-state index contributed by atoms with van der Waals surface area (Å²) in [6.45, 7) is 1.59. The van der Waals surface area contributed by atoms with Gasteiger partial charge in [-0.25, -0.2) is 9.68 Å². The van der Waals surface area contributed by atoms with Gasteiger partial charge in [-0.1, -0.05) is 104 Å². The predicted molar refractivity (Wildman–Crippen MR) is 186 cm³/mol. The van der Waals surface area contributed by atoms with E-state index in [4.69, 9.17) is 19.5 Å². The number of hydrogen-bond donors (Lipinski definition) is 1. The third-order valence-corrected chi connectivity index (χ3v) is 8.45. The molecule has 0 atom stereocenters. The molecule has 6 heteroatoms. The van der Waals surface area contributed by atoms with Crippen molar-refractivity contribution in [1.82, 2.24) is 0 Å². The Morgan fingerprint density at radius 1 is 0.638 bits per heavy atom. The van der Waals surface area contributed by atoms with Crippen LogP contribution in [-0.4, -0.2) is 31.6 Å². The first-order valence-electron chi connectivity index (χ1n) is 16.5. The fourth-order valence-corrected chi connectivity index (χ4v) is 5.63. The maximum atomic E-state index is 12.7. The molecular weight excluding hydrogens is 588 g/mol. The Kier molecular flexibility index (Phi) is 13.0. The van der Waals surface area contributed by atoms with Crippen LogP contribution in [0, 0.1) is 0 Å². The highest BCUT2D eigenvalue weighted by atomic mass is 17.1. The lowest BCUT2D eigenvalue weighted by molar-refractivity contribution is -0.242. The fourth-order valence-electron chi connectivity index (χ4n) is 5.63. The Balaban J connectivity index is 0.969. The molecule has 1 aliphatic carbocycles. The minimum Gasteiger partial charge on any atom is -0.497 e. The molecule has 1 N–H and O–H groups in total. The summed E-state index contributed by atoms with van der Waals surface area (Å²) < 4.78 is 16.9. The highest BCUT2D eigenvalue weighted by molar-refractivity contribution is 5.90. The second kappa shape index (κ2) is 18.0. The fraction of sp³-hybridized carbons (Fsp3) is 0.293. The van der Waals surface area contributed by atoms with Crippen molar-refractivity contribution in [3.63, 3.8) is 0 Å². The van der Waals surface area contributed by atoms with E-state index >= 15 is 0 Å². The summed E-state index contributed by atoms with van der Waals surface area (Å²) in [5.41, 5.74) is 8.71. The van der Waals surface area contributed by atoms with Crippen LogP contribution in [0.1, 0.15) is 66.4 Å². The number of ether oxygens (including phenoxy) is 3. The molecular formula is C41H44O6. The number of benzene rings is 4. The highest BCUT2D eigenvalue weighted by Gasteiger charge is 2.15. The van der Waals surface area contributed by atoms with Gasteiger partial charge in [-0.15, -0.1) is 0 Å². The van der Waals surface area contributed by atoms with Gasteiger partial charge in [0.15, 0.2) is 0 Å². The SMILES string of the molecule is COc1ccc(-c2ccc(C(=O)OC3=CC=C(CCOCc4ccc(-c5ccc(CCCCCCCOO)cc5)cc4)C3)cc2)cc1. The van der Waals surface area contributed by atoms with Crippen LogP contribution in [0.3, 0.4) is 0 Å². The second-order valence-corrected chi connectivity index (χ2v) is 11.9. The maximum absolute atomic E-state index is 12.7. The van der Waals surface area contributed by atoms with Crippen molar-refractivity contribution in [3.8, 4) is 28.0 Å². The molecule has 4 aromatic rings. The van der Waals surface area contributed by atoms with Gasteiger partial charge >= 0.3 is 5.97 Å². The first kappa shape index (κ1) is 33.9. The topological polar surface area (TPSA) is 74.2 Å². The summed E-state index contributed by atoms with van der Waals surface area (Å²) in [6, 6.07) is 32.7. The lowest BCUT2D eigenvalue weighted by atomic mass is 10.00. The second-order valence-electron chi connectivity index (χ2n) is 11.9. The molecule has 0 heterocycles. The van der Waals surface area contributed by atoms with Crippen molar-refractivity contribution < 1.29 is 29.1 Å². The number of carbonyl (C=O) groups is 1.